The van der Waals surface area contributed by atoms with E-state index < -0.39 is 5.97 Å². The van der Waals surface area contributed by atoms with Crippen molar-refractivity contribution in [3.63, 3.8) is 0 Å². The van der Waals surface area contributed by atoms with Gasteiger partial charge in [-0.05, 0) is 42.7 Å². The van der Waals surface area contributed by atoms with E-state index in [1.165, 1.54) is 11.1 Å². The Labute approximate surface area is 150 Å². The SMILES string of the molecule is Cc1c(C(=O)O)nnn1-c1cccc2c1CCN(Cc1ccccn1)C2. The number of hydrogen-bond acceptors (Lipinski definition) is 5. The zero-order chi connectivity index (χ0) is 18.1. The van der Waals surface area contributed by atoms with E-state index in [0.29, 0.717) is 5.69 Å². The molecule has 0 bridgehead atoms. The number of aromatic nitrogens is 4. The summed E-state index contributed by atoms with van der Waals surface area (Å²) in [4.78, 5) is 18.0. The van der Waals surface area contributed by atoms with Gasteiger partial charge < -0.3 is 5.11 Å². The molecule has 132 valence electrons. The fourth-order valence-corrected chi connectivity index (χ4v) is 3.46. The van der Waals surface area contributed by atoms with Gasteiger partial charge in [-0.15, -0.1) is 5.10 Å². The summed E-state index contributed by atoms with van der Waals surface area (Å²) in [7, 11) is 0. The molecule has 3 aromatic rings. The molecule has 26 heavy (non-hydrogen) atoms. The maximum atomic E-state index is 11.2. The van der Waals surface area contributed by atoms with Crippen LogP contribution < -0.4 is 0 Å². The van der Waals surface area contributed by atoms with Gasteiger partial charge in [-0.2, -0.15) is 0 Å². The molecule has 0 aliphatic carbocycles. The molecule has 0 atom stereocenters. The third kappa shape index (κ3) is 2.97. The monoisotopic (exact) mass is 349 g/mol. The minimum atomic E-state index is -1.06. The molecule has 0 saturated carbocycles. The van der Waals surface area contributed by atoms with Crippen LogP contribution in [0.4, 0.5) is 0 Å². The van der Waals surface area contributed by atoms with Crippen molar-refractivity contribution in [1.29, 1.82) is 0 Å². The van der Waals surface area contributed by atoms with E-state index in [-0.39, 0.29) is 5.69 Å². The number of hydrogen-bond donors (Lipinski definition) is 1. The molecular weight excluding hydrogens is 330 g/mol. The van der Waals surface area contributed by atoms with E-state index in [1.807, 2.05) is 36.5 Å². The van der Waals surface area contributed by atoms with Crippen LogP contribution in [0, 0.1) is 6.92 Å². The Morgan fingerprint density at radius 3 is 2.85 bits per heavy atom. The Hall–Kier alpha value is -3.06. The molecule has 0 unspecified atom stereocenters. The third-order valence-electron chi connectivity index (χ3n) is 4.76. The first-order valence-electron chi connectivity index (χ1n) is 8.52. The van der Waals surface area contributed by atoms with Crippen molar-refractivity contribution in [1.82, 2.24) is 24.9 Å². The summed E-state index contributed by atoms with van der Waals surface area (Å²) < 4.78 is 1.64. The molecule has 7 heteroatoms. The number of carbonyl (C=O) groups is 1. The average molecular weight is 349 g/mol. The second-order valence-corrected chi connectivity index (χ2v) is 6.44. The largest absolute Gasteiger partial charge is 0.476 e. The van der Waals surface area contributed by atoms with Gasteiger partial charge in [-0.25, -0.2) is 9.48 Å². The normalized spacial score (nSPS) is 14.2. The van der Waals surface area contributed by atoms with Gasteiger partial charge in [0.2, 0.25) is 0 Å². The van der Waals surface area contributed by atoms with Crippen LogP contribution in [0.25, 0.3) is 5.69 Å². The number of aromatic carboxylic acids is 1. The minimum absolute atomic E-state index is 0.00445. The summed E-state index contributed by atoms with van der Waals surface area (Å²) in [6.07, 6.45) is 2.69. The standard InChI is InChI=1S/C19H19N5O2/c1-13-18(19(25)26)21-22-24(13)17-7-4-5-14-11-23(10-8-16(14)17)12-15-6-2-3-9-20-15/h2-7,9H,8,10-12H2,1H3,(H,25,26). The molecule has 0 amide bonds. The Morgan fingerprint density at radius 2 is 2.12 bits per heavy atom. The summed E-state index contributed by atoms with van der Waals surface area (Å²) in [6, 6.07) is 12.0. The highest BCUT2D eigenvalue weighted by molar-refractivity contribution is 5.86. The van der Waals surface area contributed by atoms with Crippen molar-refractivity contribution < 1.29 is 9.90 Å². The molecule has 1 N–H and O–H groups in total. The van der Waals surface area contributed by atoms with Crippen molar-refractivity contribution in [2.24, 2.45) is 0 Å². The number of carboxylic acid groups (broad SMARTS) is 1. The van der Waals surface area contributed by atoms with Gasteiger partial charge >= 0.3 is 5.97 Å². The molecule has 0 radical (unpaired) electrons. The van der Waals surface area contributed by atoms with Crippen molar-refractivity contribution in [2.45, 2.75) is 26.4 Å². The zero-order valence-electron chi connectivity index (χ0n) is 14.5. The lowest BCUT2D eigenvalue weighted by Gasteiger charge is -2.29. The highest BCUT2D eigenvalue weighted by Crippen LogP contribution is 2.26. The van der Waals surface area contributed by atoms with E-state index in [4.69, 9.17) is 0 Å². The molecule has 1 aromatic carbocycles. The molecule has 0 saturated heterocycles. The van der Waals surface area contributed by atoms with Crippen molar-refractivity contribution >= 4 is 5.97 Å². The zero-order valence-corrected chi connectivity index (χ0v) is 14.5. The first kappa shape index (κ1) is 16.4. The summed E-state index contributed by atoms with van der Waals surface area (Å²) >= 11 is 0. The second-order valence-electron chi connectivity index (χ2n) is 6.44. The third-order valence-corrected chi connectivity index (χ3v) is 4.76. The number of benzene rings is 1. The molecule has 0 fully saturated rings. The molecule has 4 rings (SSSR count). The summed E-state index contributed by atoms with van der Waals surface area (Å²) in [5.74, 6) is -1.06. The highest BCUT2D eigenvalue weighted by atomic mass is 16.4. The van der Waals surface area contributed by atoms with Crippen molar-refractivity contribution in [3.05, 3.63) is 70.8 Å². The fraction of sp³-hybridized carbons (Fsp3) is 0.263. The van der Waals surface area contributed by atoms with Crippen LogP contribution in [-0.4, -0.2) is 42.5 Å². The molecule has 3 heterocycles. The number of pyridine rings is 1. The number of carboxylic acids is 1. The van der Waals surface area contributed by atoms with Gasteiger partial charge in [-0.1, -0.05) is 23.4 Å². The Morgan fingerprint density at radius 1 is 1.23 bits per heavy atom. The number of rotatable bonds is 4. The Balaban J connectivity index is 1.62. The van der Waals surface area contributed by atoms with Gasteiger partial charge in [0.25, 0.3) is 0 Å². The van der Waals surface area contributed by atoms with Crippen LogP contribution >= 0.6 is 0 Å². The quantitative estimate of drug-likeness (QED) is 0.777. The van der Waals surface area contributed by atoms with Crippen LogP contribution in [0.5, 0.6) is 0 Å². The molecular formula is C19H19N5O2. The van der Waals surface area contributed by atoms with Gasteiger partial charge in [0.05, 0.1) is 17.1 Å². The van der Waals surface area contributed by atoms with E-state index in [2.05, 4.69) is 26.3 Å². The van der Waals surface area contributed by atoms with E-state index >= 15 is 0 Å². The van der Waals surface area contributed by atoms with Crippen molar-refractivity contribution in [2.75, 3.05) is 6.54 Å². The van der Waals surface area contributed by atoms with Crippen LogP contribution in [0.1, 0.15) is 33.0 Å². The van der Waals surface area contributed by atoms with E-state index in [1.54, 1.807) is 11.6 Å². The van der Waals surface area contributed by atoms with E-state index in [9.17, 15) is 9.90 Å². The topological polar surface area (TPSA) is 84.1 Å². The predicted octanol–water partition coefficient (Wildman–Crippen LogP) is 2.23. The van der Waals surface area contributed by atoms with Gasteiger partial charge in [0, 0.05) is 25.8 Å². The summed E-state index contributed by atoms with van der Waals surface area (Å²) in [6.45, 7) is 4.30. The molecule has 2 aromatic heterocycles. The van der Waals surface area contributed by atoms with Gasteiger partial charge in [0.15, 0.2) is 5.69 Å². The molecule has 7 nitrogen and oxygen atoms in total. The maximum Gasteiger partial charge on any atom is 0.358 e. The van der Waals surface area contributed by atoms with Crippen LogP contribution in [0.2, 0.25) is 0 Å². The lowest BCUT2D eigenvalue weighted by atomic mass is 9.97. The predicted molar refractivity (Wildman–Crippen MR) is 95.1 cm³/mol. The lowest BCUT2D eigenvalue weighted by molar-refractivity contribution is 0.0689. The Bertz CT molecular complexity index is 952. The first-order chi connectivity index (χ1) is 12.6. The number of nitrogens with zero attached hydrogens (tertiary/aromatic N) is 5. The smallest absolute Gasteiger partial charge is 0.358 e. The van der Waals surface area contributed by atoms with Gasteiger partial charge in [-0.3, -0.25) is 9.88 Å². The molecule has 0 spiro atoms. The molecule has 1 aliphatic heterocycles. The minimum Gasteiger partial charge on any atom is -0.476 e. The fourth-order valence-electron chi connectivity index (χ4n) is 3.46. The molecule has 1 aliphatic rings. The lowest BCUT2D eigenvalue weighted by Crippen LogP contribution is -2.31. The second kappa shape index (κ2) is 6.68. The van der Waals surface area contributed by atoms with Crippen LogP contribution in [0.15, 0.2) is 42.6 Å². The number of fused-ring (bicyclic) bond motifs is 1. The first-order valence-corrected chi connectivity index (χ1v) is 8.52. The van der Waals surface area contributed by atoms with Crippen LogP contribution in [-0.2, 0) is 19.5 Å². The highest BCUT2D eigenvalue weighted by Gasteiger charge is 2.23. The average Bonchev–Trinajstić information content (AvgIpc) is 3.03. The van der Waals surface area contributed by atoms with E-state index in [0.717, 1.165) is 37.4 Å². The summed E-state index contributed by atoms with van der Waals surface area (Å²) in [5.41, 5.74) is 4.95. The van der Waals surface area contributed by atoms with Crippen LogP contribution in [0.3, 0.4) is 0 Å². The summed E-state index contributed by atoms with van der Waals surface area (Å²) in [5, 5.41) is 17.1. The maximum absolute atomic E-state index is 11.2. The van der Waals surface area contributed by atoms with Gasteiger partial charge in [0.1, 0.15) is 0 Å². The van der Waals surface area contributed by atoms with Crippen molar-refractivity contribution in [3.8, 4) is 5.69 Å². The Kier molecular flexibility index (Phi) is 4.22.